The van der Waals surface area contributed by atoms with Gasteiger partial charge in [0, 0.05) is 32.4 Å². The fourth-order valence-corrected chi connectivity index (χ4v) is 2.56. The molecule has 6 heteroatoms. The van der Waals surface area contributed by atoms with Crippen LogP contribution in [0.3, 0.4) is 0 Å². The second-order valence-corrected chi connectivity index (χ2v) is 5.63. The third-order valence-electron chi connectivity index (χ3n) is 2.56. The Bertz CT molecular complexity index is 291. The van der Waals surface area contributed by atoms with Gasteiger partial charge in [0.05, 0.1) is 6.54 Å². The van der Waals surface area contributed by atoms with Crippen molar-refractivity contribution in [2.24, 2.45) is 10.9 Å². The van der Waals surface area contributed by atoms with Crippen LogP contribution in [0.2, 0.25) is 0 Å². The van der Waals surface area contributed by atoms with Crippen LogP contribution < -0.4 is 10.6 Å². The van der Waals surface area contributed by atoms with Gasteiger partial charge in [-0.1, -0.05) is 25.6 Å². The molecule has 0 spiro atoms. The molecule has 0 saturated carbocycles. The topological polar surface area (TPSA) is 56.7 Å². The van der Waals surface area contributed by atoms with Crippen molar-refractivity contribution in [3.8, 4) is 0 Å². The second kappa shape index (κ2) is 6.74. The van der Waals surface area contributed by atoms with E-state index in [2.05, 4.69) is 29.5 Å². The van der Waals surface area contributed by atoms with Gasteiger partial charge in [0.2, 0.25) is 0 Å². The largest absolute Gasteiger partial charge is 0.361 e. The summed E-state index contributed by atoms with van der Waals surface area (Å²) in [5.74, 6) is 1.71. The van der Waals surface area contributed by atoms with Crippen LogP contribution >= 0.6 is 11.8 Å². The molecule has 1 heterocycles. The van der Waals surface area contributed by atoms with E-state index in [4.69, 9.17) is 0 Å². The van der Waals surface area contributed by atoms with E-state index in [0.29, 0.717) is 25.0 Å². The molecule has 1 saturated heterocycles. The van der Waals surface area contributed by atoms with Crippen LogP contribution in [-0.2, 0) is 0 Å². The maximum atomic E-state index is 11.2. The quantitative estimate of drug-likeness (QED) is 0.739. The summed E-state index contributed by atoms with van der Waals surface area (Å²) in [5, 5.41) is 7.18. The minimum Gasteiger partial charge on any atom is -0.361 e. The first-order valence-electron chi connectivity index (χ1n) is 5.89. The molecule has 2 amide bonds. The lowest BCUT2D eigenvalue weighted by molar-refractivity contribution is 0.218. The highest BCUT2D eigenvalue weighted by Gasteiger charge is 2.22. The van der Waals surface area contributed by atoms with E-state index in [0.717, 1.165) is 10.9 Å². The van der Waals surface area contributed by atoms with Gasteiger partial charge in [-0.2, -0.15) is 0 Å². The van der Waals surface area contributed by atoms with Crippen molar-refractivity contribution in [1.29, 1.82) is 0 Å². The molecule has 17 heavy (non-hydrogen) atoms. The Balaban J connectivity index is 2.20. The predicted molar refractivity (Wildman–Crippen MR) is 73.6 cm³/mol. The summed E-state index contributed by atoms with van der Waals surface area (Å²) >= 11 is 1.76. The van der Waals surface area contributed by atoms with Crippen LogP contribution in [0.25, 0.3) is 0 Å². The Morgan fingerprint density at radius 2 is 2.35 bits per heavy atom. The number of hydrogen-bond acceptors (Lipinski definition) is 3. The molecule has 0 radical (unpaired) electrons. The Morgan fingerprint density at radius 1 is 1.65 bits per heavy atom. The van der Waals surface area contributed by atoms with E-state index in [1.54, 1.807) is 25.9 Å². The van der Waals surface area contributed by atoms with Crippen molar-refractivity contribution >= 4 is 23.0 Å². The van der Waals surface area contributed by atoms with Crippen LogP contribution in [-0.4, -0.2) is 55.1 Å². The van der Waals surface area contributed by atoms with Gasteiger partial charge in [0.25, 0.3) is 0 Å². The average Bonchev–Trinajstić information content (AvgIpc) is 2.72. The van der Waals surface area contributed by atoms with E-state index < -0.39 is 0 Å². The van der Waals surface area contributed by atoms with E-state index in [-0.39, 0.29) is 6.03 Å². The molecule has 1 atom stereocenters. The first-order chi connectivity index (χ1) is 8.00. The fraction of sp³-hybridized carbons (Fsp3) is 0.818. The fourth-order valence-electron chi connectivity index (χ4n) is 1.34. The van der Waals surface area contributed by atoms with Gasteiger partial charge in [0.1, 0.15) is 0 Å². The summed E-state index contributed by atoms with van der Waals surface area (Å²) in [6.07, 6.45) is 0. The van der Waals surface area contributed by atoms with E-state index in [1.807, 2.05) is 0 Å². The molecule has 1 aliphatic heterocycles. The summed E-state index contributed by atoms with van der Waals surface area (Å²) in [6, 6.07) is 0.451. The Labute approximate surface area is 107 Å². The van der Waals surface area contributed by atoms with Gasteiger partial charge < -0.3 is 15.5 Å². The molecule has 0 bridgehead atoms. The number of amides is 2. The molecule has 2 N–H and O–H groups in total. The van der Waals surface area contributed by atoms with Crippen molar-refractivity contribution < 1.29 is 4.79 Å². The number of urea groups is 1. The molecule has 0 aromatic rings. The third kappa shape index (κ3) is 4.85. The number of rotatable bonds is 4. The van der Waals surface area contributed by atoms with Crippen molar-refractivity contribution in [3.05, 3.63) is 0 Å². The number of nitrogens with zero attached hydrogens (tertiary/aromatic N) is 2. The van der Waals surface area contributed by atoms with Crippen molar-refractivity contribution in [2.75, 3.05) is 32.9 Å². The average molecular weight is 258 g/mol. The van der Waals surface area contributed by atoms with Gasteiger partial charge >= 0.3 is 6.03 Å². The van der Waals surface area contributed by atoms with Crippen LogP contribution in [0, 0.1) is 5.92 Å². The first-order valence-corrected chi connectivity index (χ1v) is 6.88. The number of nitrogens with one attached hydrogen (secondary N) is 2. The zero-order valence-corrected chi connectivity index (χ0v) is 11.8. The zero-order valence-electron chi connectivity index (χ0n) is 11.0. The zero-order chi connectivity index (χ0) is 12.8. The molecule has 0 aromatic carbocycles. The Morgan fingerprint density at radius 3 is 2.88 bits per heavy atom. The molecule has 5 nitrogen and oxygen atoms in total. The first kappa shape index (κ1) is 14.2. The van der Waals surface area contributed by atoms with Gasteiger partial charge in [0.15, 0.2) is 5.17 Å². The van der Waals surface area contributed by atoms with E-state index in [1.165, 1.54) is 4.90 Å². The monoisotopic (exact) mass is 258 g/mol. The summed E-state index contributed by atoms with van der Waals surface area (Å²) in [7, 11) is 3.45. The summed E-state index contributed by atoms with van der Waals surface area (Å²) in [5.41, 5.74) is 0. The SMILES string of the molecule is CC(C)C1CSC(=NCCNC(=O)N(C)C)N1. The smallest absolute Gasteiger partial charge is 0.316 e. The van der Waals surface area contributed by atoms with Gasteiger partial charge in [-0.15, -0.1) is 0 Å². The second-order valence-electron chi connectivity index (χ2n) is 4.62. The van der Waals surface area contributed by atoms with Crippen molar-refractivity contribution in [3.63, 3.8) is 0 Å². The molecule has 1 unspecified atom stereocenters. The lowest BCUT2D eigenvalue weighted by Gasteiger charge is -2.13. The summed E-state index contributed by atoms with van der Waals surface area (Å²) in [6.45, 7) is 5.62. The molecule has 0 aliphatic carbocycles. The highest BCUT2D eigenvalue weighted by atomic mass is 32.2. The van der Waals surface area contributed by atoms with Crippen molar-refractivity contribution in [1.82, 2.24) is 15.5 Å². The lowest BCUT2D eigenvalue weighted by Crippen LogP contribution is -2.36. The van der Waals surface area contributed by atoms with E-state index in [9.17, 15) is 4.79 Å². The van der Waals surface area contributed by atoms with Crippen LogP contribution in [0.4, 0.5) is 4.79 Å². The minimum atomic E-state index is -0.0720. The highest BCUT2D eigenvalue weighted by Crippen LogP contribution is 2.18. The van der Waals surface area contributed by atoms with Crippen LogP contribution in [0.1, 0.15) is 13.8 Å². The predicted octanol–water partition coefficient (Wildman–Crippen LogP) is 0.975. The summed E-state index contributed by atoms with van der Waals surface area (Å²) in [4.78, 5) is 17.2. The number of carbonyl (C=O) groups excluding carboxylic acids is 1. The molecular formula is C11H22N4OS. The number of thioether (sulfide) groups is 1. The number of aliphatic imine (C=N–C) groups is 1. The van der Waals surface area contributed by atoms with Gasteiger partial charge in [-0.25, -0.2) is 4.79 Å². The normalized spacial score (nSPS) is 21.7. The molecule has 98 valence electrons. The van der Waals surface area contributed by atoms with Gasteiger partial charge in [-0.3, -0.25) is 4.99 Å². The van der Waals surface area contributed by atoms with Crippen molar-refractivity contribution in [2.45, 2.75) is 19.9 Å². The van der Waals surface area contributed by atoms with Gasteiger partial charge in [-0.05, 0) is 5.92 Å². The summed E-state index contributed by atoms with van der Waals surface area (Å²) < 4.78 is 0. The Kier molecular flexibility index (Phi) is 5.61. The highest BCUT2D eigenvalue weighted by molar-refractivity contribution is 8.14. The van der Waals surface area contributed by atoms with Crippen LogP contribution in [0.15, 0.2) is 4.99 Å². The standard InChI is InChI=1S/C11H22N4OS/c1-8(2)9-7-17-10(14-9)12-5-6-13-11(16)15(3)4/h8-9H,5-7H2,1-4H3,(H,12,14)(H,13,16). The molecular weight excluding hydrogens is 236 g/mol. The third-order valence-corrected chi connectivity index (χ3v) is 3.61. The van der Waals surface area contributed by atoms with E-state index >= 15 is 0 Å². The molecule has 1 fully saturated rings. The number of hydrogen-bond donors (Lipinski definition) is 2. The lowest BCUT2D eigenvalue weighted by atomic mass is 10.1. The Hall–Kier alpha value is -0.910. The maximum absolute atomic E-state index is 11.2. The minimum absolute atomic E-state index is 0.0720. The number of amidine groups is 1. The van der Waals surface area contributed by atoms with Crippen LogP contribution in [0.5, 0.6) is 0 Å². The number of carbonyl (C=O) groups is 1. The molecule has 1 aliphatic rings. The molecule has 0 aromatic heterocycles. The maximum Gasteiger partial charge on any atom is 0.316 e. The molecule has 1 rings (SSSR count).